The molecule has 1 aromatic rings. The summed E-state index contributed by atoms with van der Waals surface area (Å²) in [7, 11) is -16.2. The zero-order valence-electron chi connectivity index (χ0n) is 13.4. The summed E-state index contributed by atoms with van der Waals surface area (Å²) in [5.74, 6) is -0.449. The molecule has 0 radical (unpaired) electrons. The van der Waals surface area contributed by atoms with Gasteiger partial charge in [0.05, 0.1) is 12.6 Å². The number of rotatable bonds is 8. The average molecular weight is 447 g/mol. The van der Waals surface area contributed by atoms with Crippen LogP contribution in [-0.2, 0) is 26.8 Å². The molecule has 2 rings (SSSR count). The van der Waals surface area contributed by atoms with E-state index in [4.69, 9.17) is 20.4 Å². The molecule has 1 saturated carbocycles. The number of phosphoric acid groups is 3. The van der Waals surface area contributed by atoms with Gasteiger partial charge in [-0.2, -0.15) is 13.6 Å². The maximum atomic E-state index is 11.8. The van der Waals surface area contributed by atoms with Crippen molar-refractivity contribution < 1.29 is 46.4 Å². The van der Waals surface area contributed by atoms with E-state index in [9.17, 15) is 23.4 Å². The highest BCUT2D eigenvalue weighted by atomic mass is 31.3. The molecular formula is C10H16N3O11P3. The summed E-state index contributed by atoms with van der Waals surface area (Å²) >= 11 is 0. The largest absolute Gasteiger partial charge is 0.490 e. The molecule has 4 atom stereocenters. The minimum atomic E-state index is -5.56. The van der Waals surface area contributed by atoms with E-state index >= 15 is 0 Å². The molecule has 0 aromatic carbocycles. The summed E-state index contributed by atoms with van der Waals surface area (Å²) in [5, 5.41) is 0. The molecule has 1 aromatic heterocycles. The first kappa shape index (κ1) is 22.1. The Morgan fingerprint density at radius 2 is 1.85 bits per heavy atom. The standard InChI is InChI=1S/C10H16N3O11P3/c1-6-7(4-8(6)13-3-2-9(11)12-10(13)14)5-22-26(18,19)24-27(20,21)23-25(15,16)17/h2-3,7-8H,1,4-5H2,(H,18,19)(H,20,21)(H2,11,12,14)(H2,15,16,17)/t7-,8-/m0/s1. The van der Waals surface area contributed by atoms with Crippen LogP contribution in [-0.4, -0.2) is 35.7 Å². The van der Waals surface area contributed by atoms with Gasteiger partial charge in [0.2, 0.25) is 0 Å². The van der Waals surface area contributed by atoms with Crippen LogP contribution in [0.15, 0.2) is 29.2 Å². The number of anilines is 1. The number of phosphoric ester groups is 1. The van der Waals surface area contributed by atoms with Gasteiger partial charge in [-0.05, 0) is 18.1 Å². The second kappa shape index (κ2) is 7.69. The summed E-state index contributed by atoms with van der Waals surface area (Å²) in [6, 6.07) is 0.966. The van der Waals surface area contributed by atoms with Crippen molar-refractivity contribution in [1.29, 1.82) is 0 Å². The molecule has 2 unspecified atom stereocenters. The Bertz CT molecular complexity index is 940. The molecule has 0 spiro atoms. The first-order chi connectivity index (χ1) is 12.2. The Labute approximate surface area is 151 Å². The summed E-state index contributed by atoms with van der Waals surface area (Å²) < 4.78 is 46.4. The zero-order chi connectivity index (χ0) is 20.6. The molecule has 0 bridgehead atoms. The Hall–Kier alpha value is -1.17. The predicted octanol–water partition coefficient (Wildman–Crippen LogP) is 0.286. The number of nitrogen functional groups attached to an aromatic ring is 1. The van der Waals surface area contributed by atoms with E-state index in [1.807, 2.05) is 0 Å². The van der Waals surface area contributed by atoms with Crippen LogP contribution in [0.3, 0.4) is 0 Å². The van der Waals surface area contributed by atoms with Crippen molar-refractivity contribution >= 4 is 29.3 Å². The van der Waals surface area contributed by atoms with E-state index in [0.717, 1.165) is 0 Å². The molecule has 6 N–H and O–H groups in total. The minimum absolute atomic E-state index is 0.0467. The number of nitrogens with two attached hydrogens (primary N) is 1. The molecule has 1 fully saturated rings. The van der Waals surface area contributed by atoms with Crippen LogP contribution in [0.2, 0.25) is 0 Å². The van der Waals surface area contributed by atoms with Gasteiger partial charge in [-0.3, -0.25) is 9.09 Å². The van der Waals surface area contributed by atoms with Crippen LogP contribution in [0.4, 0.5) is 5.82 Å². The van der Waals surface area contributed by atoms with Gasteiger partial charge in [0, 0.05) is 12.1 Å². The van der Waals surface area contributed by atoms with E-state index in [2.05, 4.69) is 24.7 Å². The normalized spacial score (nSPS) is 24.7. The Kier molecular flexibility index (Phi) is 6.30. The second-order valence-electron chi connectivity index (χ2n) is 5.45. The van der Waals surface area contributed by atoms with E-state index < -0.39 is 47.7 Å². The Morgan fingerprint density at radius 1 is 1.22 bits per heavy atom. The van der Waals surface area contributed by atoms with E-state index in [-0.39, 0.29) is 12.2 Å². The fourth-order valence-corrected chi connectivity index (χ4v) is 5.36. The molecule has 0 saturated heterocycles. The van der Waals surface area contributed by atoms with Gasteiger partial charge in [-0.25, -0.2) is 18.5 Å². The lowest BCUT2D eigenvalue weighted by atomic mass is 9.76. The number of aromatic nitrogens is 2. The highest BCUT2D eigenvalue weighted by Crippen LogP contribution is 2.66. The van der Waals surface area contributed by atoms with E-state index in [0.29, 0.717) is 5.57 Å². The third-order valence-corrected chi connectivity index (χ3v) is 7.30. The summed E-state index contributed by atoms with van der Waals surface area (Å²) in [4.78, 5) is 50.7. The van der Waals surface area contributed by atoms with Crippen molar-refractivity contribution in [1.82, 2.24) is 9.55 Å². The number of hydrogen-bond acceptors (Lipinski definition) is 9. The lowest BCUT2D eigenvalue weighted by molar-refractivity contribution is 0.135. The van der Waals surface area contributed by atoms with Crippen LogP contribution >= 0.6 is 23.5 Å². The molecule has 1 heterocycles. The smallest absolute Gasteiger partial charge is 0.383 e. The van der Waals surface area contributed by atoms with Crippen LogP contribution in [0.25, 0.3) is 0 Å². The predicted molar refractivity (Wildman–Crippen MR) is 89.0 cm³/mol. The average Bonchev–Trinajstić information content (AvgIpc) is 2.43. The Balaban J connectivity index is 1.93. The SMILES string of the molecule is C=C1[C@H](COP(=O)(O)OP(=O)(O)OP(=O)(O)O)C[C@@H]1n1ccc(N)nc1=O. The van der Waals surface area contributed by atoms with Crippen LogP contribution < -0.4 is 11.4 Å². The molecule has 152 valence electrons. The van der Waals surface area contributed by atoms with Crippen molar-refractivity contribution in [2.45, 2.75) is 12.5 Å². The maximum Gasteiger partial charge on any atom is 0.490 e. The minimum Gasteiger partial charge on any atom is -0.383 e. The highest BCUT2D eigenvalue weighted by molar-refractivity contribution is 7.66. The van der Waals surface area contributed by atoms with E-state index in [1.54, 1.807) is 0 Å². The first-order valence-corrected chi connectivity index (χ1v) is 11.5. The first-order valence-electron chi connectivity index (χ1n) is 7.01. The van der Waals surface area contributed by atoms with Crippen LogP contribution in [0, 0.1) is 5.92 Å². The summed E-state index contributed by atoms with van der Waals surface area (Å²) in [5.41, 5.74) is 5.25. The third kappa shape index (κ3) is 6.16. The van der Waals surface area contributed by atoms with Crippen molar-refractivity contribution in [2.24, 2.45) is 5.92 Å². The van der Waals surface area contributed by atoms with Crippen molar-refractivity contribution in [3.63, 3.8) is 0 Å². The maximum absolute atomic E-state index is 11.8. The fourth-order valence-electron chi connectivity index (χ4n) is 2.30. The molecule has 14 nitrogen and oxygen atoms in total. The molecular weight excluding hydrogens is 431 g/mol. The quantitative estimate of drug-likeness (QED) is 0.267. The molecule has 1 aliphatic rings. The van der Waals surface area contributed by atoms with Gasteiger partial charge in [0.25, 0.3) is 0 Å². The van der Waals surface area contributed by atoms with Crippen LogP contribution in [0.5, 0.6) is 0 Å². The topological polar surface area (TPSA) is 221 Å². The van der Waals surface area contributed by atoms with Gasteiger partial charge < -0.3 is 25.3 Å². The molecule has 0 aliphatic heterocycles. The lowest BCUT2D eigenvalue weighted by Crippen LogP contribution is -2.38. The van der Waals surface area contributed by atoms with Gasteiger partial charge in [-0.1, -0.05) is 6.58 Å². The highest BCUT2D eigenvalue weighted by Gasteiger charge is 2.42. The van der Waals surface area contributed by atoms with Crippen molar-refractivity contribution in [3.8, 4) is 0 Å². The summed E-state index contributed by atoms with van der Waals surface area (Å²) in [6.07, 6.45) is 1.69. The van der Waals surface area contributed by atoms with Gasteiger partial charge in [0.15, 0.2) is 0 Å². The van der Waals surface area contributed by atoms with Gasteiger partial charge in [0.1, 0.15) is 5.82 Å². The fraction of sp³-hybridized carbons (Fsp3) is 0.400. The Morgan fingerprint density at radius 3 is 2.37 bits per heavy atom. The van der Waals surface area contributed by atoms with Crippen molar-refractivity contribution in [3.05, 3.63) is 34.9 Å². The molecule has 17 heteroatoms. The van der Waals surface area contributed by atoms with Gasteiger partial charge >= 0.3 is 29.2 Å². The van der Waals surface area contributed by atoms with E-state index in [1.165, 1.54) is 16.8 Å². The molecule has 1 aliphatic carbocycles. The zero-order valence-corrected chi connectivity index (χ0v) is 16.1. The third-order valence-electron chi connectivity index (χ3n) is 3.50. The molecule has 0 amide bonds. The number of hydrogen-bond donors (Lipinski definition) is 5. The lowest BCUT2D eigenvalue weighted by Gasteiger charge is -2.39. The van der Waals surface area contributed by atoms with Crippen molar-refractivity contribution in [2.75, 3.05) is 12.3 Å². The monoisotopic (exact) mass is 447 g/mol. The summed E-state index contributed by atoms with van der Waals surface area (Å²) in [6.45, 7) is 3.27. The molecule has 27 heavy (non-hydrogen) atoms. The van der Waals surface area contributed by atoms with Crippen LogP contribution in [0.1, 0.15) is 12.5 Å². The number of nitrogens with zero attached hydrogens (tertiary/aromatic N) is 2. The second-order valence-corrected chi connectivity index (χ2v) is 9.87. The van der Waals surface area contributed by atoms with Gasteiger partial charge in [-0.15, -0.1) is 0 Å².